The number of benzene rings is 1. The minimum Gasteiger partial charge on any atom is -0.391 e. The van der Waals surface area contributed by atoms with E-state index >= 15 is 0 Å². The zero-order valence-corrected chi connectivity index (χ0v) is 11.3. The summed E-state index contributed by atoms with van der Waals surface area (Å²) >= 11 is 0. The van der Waals surface area contributed by atoms with Crippen molar-refractivity contribution in [2.75, 3.05) is 18.4 Å². The molecular weight excluding hydrogens is 256 g/mol. The second-order valence-electron chi connectivity index (χ2n) is 5.47. The highest BCUT2D eigenvalue weighted by molar-refractivity contribution is 5.98. The summed E-state index contributed by atoms with van der Waals surface area (Å²) < 4.78 is 0. The molecule has 0 radical (unpaired) electrons. The first kappa shape index (κ1) is 13.1. The number of amides is 2. The average molecular weight is 274 g/mol. The Bertz CT molecular complexity index is 556. The number of anilines is 1. The molecule has 0 spiro atoms. The van der Waals surface area contributed by atoms with Crippen LogP contribution < -0.4 is 5.32 Å². The van der Waals surface area contributed by atoms with Crippen molar-refractivity contribution in [3.63, 3.8) is 0 Å². The van der Waals surface area contributed by atoms with E-state index in [1.54, 1.807) is 17.0 Å². The standard InChI is InChI=1S/C15H18N2O3/c18-12-2-1-7-17(9-12)15(20)11-3-5-13-10(8-11)4-6-14(19)16-13/h3,5,8,12,18H,1-2,4,6-7,9H2,(H,16,19)/t12-/m0/s1. The summed E-state index contributed by atoms with van der Waals surface area (Å²) in [4.78, 5) is 25.4. The number of carbonyl (C=O) groups is 2. The number of β-amino-alcohol motifs (C(OH)–C–C–N with tert-alkyl or cyclic N) is 1. The van der Waals surface area contributed by atoms with E-state index in [-0.39, 0.29) is 11.8 Å². The summed E-state index contributed by atoms with van der Waals surface area (Å²) in [6, 6.07) is 5.39. The molecular formula is C15H18N2O3. The van der Waals surface area contributed by atoms with Crippen LogP contribution in [0.3, 0.4) is 0 Å². The maximum Gasteiger partial charge on any atom is 0.253 e. The number of likely N-dealkylation sites (tertiary alicyclic amines) is 1. The monoisotopic (exact) mass is 274 g/mol. The van der Waals surface area contributed by atoms with Crippen molar-refractivity contribution in [3.05, 3.63) is 29.3 Å². The molecule has 0 saturated carbocycles. The fourth-order valence-electron chi connectivity index (χ4n) is 2.84. The summed E-state index contributed by atoms with van der Waals surface area (Å²) in [5, 5.41) is 12.5. The summed E-state index contributed by atoms with van der Waals surface area (Å²) in [7, 11) is 0. The molecule has 1 aromatic rings. The lowest BCUT2D eigenvalue weighted by atomic mass is 9.99. The Morgan fingerprint density at radius 3 is 3.00 bits per heavy atom. The number of hydrogen-bond donors (Lipinski definition) is 2. The summed E-state index contributed by atoms with van der Waals surface area (Å²) in [6.07, 6.45) is 2.33. The molecule has 0 aromatic heterocycles. The normalized spacial score (nSPS) is 22.1. The predicted octanol–water partition coefficient (Wildman–Crippen LogP) is 1.17. The van der Waals surface area contributed by atoms with Crippen LogP contribution in [0, 0.1) is 0 Å². The van der Waals surface area contributed by atoms with Crippen molar-refractivity contribution < 1.29 is 14.7 Å². The summed E-state index contributed by atoms with van der Waals surface area (Å²) in [5.74, 6) is -0.0146. The zero-order chi connectivity index (χ0) is 14.1. The van der Waals surface area contributed by atoms with Crippen molar-refractivity contribution in [1.82, 2.24) is 4.90 Å². The first-order chi connectivity index (χ1) is 9.63. The number of rotatable bonds is 1. The number of aliphatic hydroxyl groups excluding tert-OH is 1. The van der Waals surface area contributed by atoms with E-state index in [1.807, 2.05) is 6.07 Å². The predicted molar refractivity (Wildman–Crippen MR) is 74.5 cm³/mol. The smallest absolute Gasteiger partial charge is 0.253 e. The van der Waals surface area contributed by atoms with Crippen molar-refractivity contribution in [2.45, 2.75) is 31.8 Å². The Morgan fingerprint density at radius 1 is 1.35 bits per heavy atom. The molecule has 1 aromatic carbocycles. The second-order valence-corrected chi connectivity index (χ2v) is 5.47. The van der Waals surface area contributed by atoms with Gasteiger partial charge in [-0.1, -0.05) is 0 Å². The number of nitrogens with one attached hydrogen (secondary N) is 1. The summed E-state index contributed by atoms with van der Waals surface area (Å²) in [6.45, 7) is 1.11. The molecule has 1 saturated heterocycles. The van der Waals surface area contributed by atoms with Gasteiger partial charge in [0.1, 0.15) is 0 Å². The Labute approximate surface area is 117 Å². The molecule has 2 N–H and O–H groups in total. The van der Waals surface area contributed by atoms with Gasteiger partial charge >= 0.3 is 0 Å². The van der Waals surface area contributed by atoms with Gasteiger partial charge in [-0.25, -0.2) is 0 Å². The van der Waals surface area contributed by atoms with E-state index in [0.29, 0.717) is 31.5 Å². The highest BCUT2D eigenvalue weighted by Crippen LogP contribution is 2.24. The minimum absolute atomic E-state index is 0.0238. The van der Waals surface area contributed by atoms with Crippen molar-refractivity contribution in [3.8, 4) is 0 Å². The number of aryl methyl sites for hydroxylation is 1. The number of hydrogen-bond acceptors (Lipinski definition) is 3. The Kier molecular flexibility index (Phi) is 3.44. The van der Waals surface area contributed by atoms with Gasteiger partial charge in [0.05, 0.1) is 6.10 Å². The molecule has 106 valence electrons. The number of fused-ring (bicyclic) bond motifs is 1. The molecule has 20 heavy (non-hydrogen) atoms. The van der Waals surface area contributed by atoms with Crippen molar-refractivity contribution >= 4 is 17.5 Å². The van der Waals surface area contributed by atoms with Gasteiger partial charge in [0.25, 0.3) is 5.91 Å². The van der Waals surface area contributed by atoms with Crippen molar-refractivity contribution in [2.24, 2.45) is 0 Å². The first-order valence-electron chi connectivity index (χ1n) is 7.03. The van der Waals surface area contributed by atoms with E-state index in [9.17, 15) is 14.7 Å². The fourth-order valence-corrected chi connectivity index (χ4v) is 2.84. The lowest BCUT2D eigenvalue weighted by molar-refractivity contribution is -0.116. The van der Waals surface area contributed by atoms with Crippen LogP contribution in [0.1, 0.15) is 35.2 Å². The van der Waals surface area contributed by atoms with Crippen molar-refractivity contribution in [1.29, 1.82) is 0 Å². The molecule has 1 fully saturated rings. The maximum atomic E-state index is 12.4. The number of aliphatic hydroxyl groups is 1. The molecule has 0 aliphatic carbocycles. The molecule has 2 aliphatic rings. The van der Waals surface area contributed by atoms with Crippen LogP contribution in [0.4, 0.5) is 5.69 Å². The van der Waals surface area contributed by atoms with E-state index in [1.165, 1.54) is 0 Å². The molecule has 5 nitrogen and oxygen atoms in total. The lowest BCUT2D eigenvalue weighted by Crippen LogP contribution is -2.42. The van der Waals surface area contributed by atoms with Gasteiger partial charge in [0.15, 0.2) is 0 Å². The number of piperidine rings is 1. The fraction of sp³-hybridized carbons (Fsp3) is 0.467. The van der Waals surface area contributed by atoms with Gasteiger partial charge in [-0.15, -0.1) is 0 Å². The highest BCUT2D eigenvalue weighted by Gasteiger charge is 2.24. The Hall–Kier alpha value is -1.88. The topological polar surface area (TPSA) is 69.6 Å². The van der Waals surface area contributed by atoms with Crippen LogP contribution in [0.25, 0.3) is 0 Å². The van der Waals surface area contributed by atoms with Crippen LogP contribution in [0.5, 0.6) is 0 Å². The van der Waals surface area contributed by atoms with Gasteiger partial charge in [0, 0.05) is 30.8 Å². The van der Waals surface area contributed by atoms with Crippen LogP contribution in [-0.2, 0) is 11.2 Å². The van der Waals surface area contributed by atoms with E-state index in [4.69, 9.17) is 0 Å². The minimum atomic E-state index is -0.412. The molecule has 2 heterocycles. The zero-order valence-electron chi connectivity index (χ0n) is 11.3. The van der Waals surface area contributed by atoms with Crippen LogP contribution >= 0.6 is 0 Å². The molecule has 5 heteroatoms. The highest BCUT2D eigenvalue weighted by atomic mass is 16.3. The Morgan fingerprint density at radius 2 is 2.20 bits per heavy atom. The van der Waals surface area contributed by atoms with Crippen LogP contribution in [-0.4, -0.2) is 41.0 Å². The first-order valence-corrected chi connectivity index (χ1v) is 7.03. The maximum absolute atomic E-state index is 12.4. The van der Waals surface area contributed by atoms with E-state index in [0.717, 1.165) is 24.1 Å². The molecule has 2 aliphatic heterocycles. The van der Waals surface area contributed by atoms with Crippen LogP contribution in [0.15, 0.2) is 18.2 Å². The third-order valence-corrected chi connectivity index (χ3v) is 3.93. The van der Waals surface area contributed by atoms with Gasteiger partial charge in [-0.05, 0) is 43.0 Å². The van der Waals surface area contributed by atoms with Crippen LogP contribution in [0.2, 0.25) is 0 Å². The van der Waals surface area contributed by atoms with Gasteiger partial charge in [0.2, 0.25) is 5.91 Å². The lowest BCUT2D eigenvalue weighted by Gasteiger charge is -2.30. The number of nitrogens with zero attached hydrogens (tertiary/aromatic N) is 1. The number of carbonyl (C=O) groups excluding carboxylic acids is 2. The van der Waals surface area contributed by atoms with Gasteiger partial charge in [-0.3, -0.25) is 9.59 Å². The van der Waals surface area contributed by atoms with Gasteiger partial charge < -0.3 is 15.3 Å². The van der Waals surface area contributed by atoms with E-state index < -0.39 is 6.10 Å². The van der Waals surface area contributed by atoms with E-state index in [2.05, 4.69) is 5.32 Å². The molecule has 1 atom stereocenters. The quantitative estimate of drug-likeness (QED) is 0.807. The molecule has 0 unspecified atom stereocenters. The van der Waals surface area contributed by atoms with Gasteiger partial charge in [-0.2, -0.15) is 0 Å². The Balaban J connectivity index is 1.80. The third kappa shape index (κ3) is 2.54. The average Bonchev–Trinajstić information content (AvgIpc) is 2.46. The molecule has 2 amide bonds. The summed E-state index contributed by atoms with van der Waals surface area (Å²) in [5.41, 5.74) is 2.44. The molecule has 3 rings (SSSR count). The third-order valence-electron chi connectivity index (χ3n) is 3.93. The molecule has 0 bridgehead atoms. The largest absolute Gasteiger partial charge is 0.391 e. The second kappa shape index (κ2) is 5.25. The SMILES string of the molecule is O=C1CCc2cc(C(=O)N3CCC[C@H](O)C3)ccc2N1.